The Morgan fingerprint density at radius 1 is 1.43 bits per heavy atom. The molecule has 0 saturated heterocycles. The number of imidazole rings is 1. The lowest BCUT2D eigenvalue weighted by atomic mass is 10.3. The molecule has 8 heteroatoms. The number of aromatic nitrogens is 4. The minimum atomic E-state index is -0.122. The van der Waals surface area contributed by atoms with Crippen molar-refractivity contribution >= 4 is 21.6 Å². The van der Waals surface area contributed by atoms with Crippen LogP contribution < -0.4 is 10.9 Å². The van der Waals surface area contributed by atoms with Gasteiger partial charge in [0.05, 0.1) is 24.8 Å². The highest BCUT2D eigenvalue weighted by Gasteiger charge is 2.08. The Kier molecular flexibility index (Phi) is 5.51. The standard InChI is InChI=1S/C13H19BrN6O/c1-19(2)5-6-20-13(21)12(14)11(8-18-20)16-4-3-10-7-15-9-17-10/h7-9,16H,3-6H2,1-2H3,(H,15,17). The van der Waals surface area contributed by atoms with Crippen LogP contribution in [0.2, 0.25) is 0 Å². The molecule has 0 aliphatic heterocycles. The van der Waals surface area contributed by atoms with Gasteiger partial charge in [-0.15, -0.1) is 0 Å². The Morgan fingerprint density at radius 2 is 2.24 bits per heavy atom. The molecule has 0 unspecified atom stereocenters. The fraction of sp³-hybridized carbons (Fsp3) is 0.462. The summed E-state index contributed by atoms with van der Waals surface area (Å²) >= 11 is 3.35. The number of nitrogens with one attached hydrogen (secondary N) is 2. The molecule has 0 atom stereocenters. The third kappa shape index (κ3) is 4.40. The Balaban J connectivity index is 1.97. The number of nitrogens with zero attached hydrogens (tertiary/aromatic N) is 4. The van der Waals surface area contributed by atoms with E-state index >= 15 is 0 Å². The van der Waals surface area contributed by atoms with Gasteiger partial charge in [0.1, 0.15) is 4.47 Å². The monoisotopic (exact) mass is 354 g/mol. The smallest absolute Gasteiger partial charge is 0.283 e. The van der Waals surface area contributed by atoms with E-state index in [1.54, 1.807) is 18.7 Å². The molecule has 0 bridgehead atoms. The second kappa shape index (κ2) is 7.37. The lowest BCUT2D eigenvalue weighted by Crippen LogP contribution is -2.29. The molecular formula is C13H19BrN6O. The van der Waals surface area contributed by atoms with E-state index in [0.29, 0.717) is 23.2 Å². The Labute approximate surface area is 131 Å². The lowest BCUT2D eigenvalue weighted by Gasteiger charge is -2.12. The minimum Gasteiger partial charge on any atom is -0.382 e. The summed E-state index contributed by atoms with van der Waals surface area (Å²) in [7, 11) is 3.93. The molecule has 0 radical (unpaired) electrons. The highest BCUT2D eigenvalue weighted by atomic mass is 79.9. The molecule has 0 spiro atoms. The maximum absolute atomic E-state index is 12.2. The highest BCUT2D eigenvalue weighted by molar-refractivity contribution is 9.10. The van der Waals surface area contributed by atoms with Crippen LogP contribution in [-0.4, -0.2) is 51.8 Å². The van der Waals surface area contributed by atoms with E-state index < -0.39 is 0 Å². The zero-order valence-electron chi connectivity index (χ0n) is 12.1. The fourth-order valence-electron chi connectivity index (χ4n) is 1.80. The van der Waals surface area contributed by atoms with Crippen molar-refractivity contribution in [2.45, 2.75) is 13.0 Å². The first-order chi connectivity index (χ1) is 10.1. The van der Waals surface area contributed by atoms with Crippen LogP contribution >= 0.6 is 15.9 Å². The molecule has 2 aromatic heterocycles. The van der Waals surface area contributed by atoms with Crippen molar-refractivity contribution in [3.8, 4) is 0 Å². The third-order valence-corrected chi connectivity index (χ3v) is 3.77. The number of anilines is 1. The van der Waals surface area contributed by atoms with E-state index in [4.69, 9.17) is 0 Å². The van der Waals surface area contributed by atoms with E-state index in [1.165, 1.54) is 4.68 Å². The predicted molar refractivity (Wildman–Crippen MR) is 85.5 cm³/mol. The molecule has 0 aliphatic rings. The van der Waals surface area contributed by atoms with Crippen LogP contribution in [0, 0.1) is 0 Å². The normalized spacial score (nSPS) is 11.0. The van der Waals surface area contributed by atoms with Crippen molar-refractivity contribution in [2.75, 3.05) is 32.5 Å². The van der Waals surface area contributed by atoms with Gasteiger partial charge in [-0.3, -0.25) is 4.79 Å². The van der Waals surface area contributed by atoms with Gasteiger partial charge in [0.2, 0.25) is 0 Å². The molecule has 2 N–H and O–H groups in total. The average Bonchev–Trinajstić information content (AvgIpc) is 2.95. The Hall–Kier alpha value is -1.67. The third-order valence-electron chi connectivity index (χ3n) is 3.01. The summed E-state index contributed by atoms with van der Waals surface area (Å²) in [5, 5.41) is 7.39. The molecule has 0 aliphatic carbocycles. The highest BCUT2D eigenvalue weighted by Crippen LogP contribution is 2.15. The van der Waals surface area contributed by atoms with Gasteiger partial charge in [0, 0.05) is 31.4 Å². The van der Waals surface area contributed by atoms with Crippen LogP contribution in [0.3, 0.4) is 0 Å². The van der Waals surface area contributed by atoms with Crippen LogP contribution in [-0.2, 0) is 13.0 Å². The number of H-pyrrole nitrogens is 1. The SMILES string of the molecule is CN(C)CCn1ncc(NCCc2cnc[nH]2)c(Br)c1=O. The summed E-state index contributed by atoms with van der Waals surface area (Å²) in [6.07, 6.45) is 5.91. The second-order valence-corrected chi connectivity index (χ2v) is 5.75. The maximum atomic E-state index is 12.2. The molecule has 21 heavy (non-hydrogen) atoms. The Morgan fingerprint density at radius 3 is 2.90 bits per heavy atom. The van der Waals surface area contributed by atoms with Crippen molar-refractivity contribution < 1.29 is 0 Å². The van der Waals surface area contributed by atoms with Crippen molar-refractivity contribution in [1.82, 2.24) is 24.6 Å². The predicted octanol–water partition coefficient (Wildman–Crippen LogP) is 0.945. The van der Waals surface area contributed by atoms with E-state index in [1.807, 2.05) is 19.0 Å². The summed E-state index contributed by atoms with van der Waals surface area (Å²) in [6.45, 7) is 2.04. The maximum Gasteiger partial charge on any atom is 0.283 e. The van der Waals surface area contributed by atoms with Crippen LogP contribution in [0.15, 0.2) is 28.0 Å². The fourth-order valence-corrected chi connectivity index (χ4v) is 2.24. The quantitative estimate of drug-likeness (QED) is 0.773. The molecule has 0 fully saturated rings. The topological polar surface area (TPSA) is 78.8 Å². The van der Waals surface area contributed by atoms with E-state index in [0.717, 1.165) is 18.7 Å². The van der Waals surface area contributed by atoms with Gasteiger partial charge in [-0.25, -0.2) is 9.67 Å². The first-order valence-corrected chi connectivity index (χ1v) is 7.48. The summed E-state index contributed by atoms with van der Waals surface area (Å²) < 4.78 is 1.98. The van der Waals surface area contributed by atoms with E-state index in [9.17, 15) is 4.79 Å². The van der Waals surface area contributed by atoms with E-state index in [-0.39, 0.29) is 5.56 Å². The molecular weight excluding hydrogens is 336 g/mol. The van der Waals surface area contributed by atoms with Gasteiger partial charge in [-0.05, 0) is 30.0 Å². The molecule has 114 valence electrons. The summed E-state index contributed by atoms with van der Waals surface area (Å²) in [4.78, 5) is 21.2. The zero-order chi connectivity index (χ0) is 15.2. The molecule has 7 nitrogen and oxygen atoms in total. The number of aromatic amines is 1. The molecule has 0 amide bonds. The molecule has 2 aromatic rings. The van der Waals surface area contributed by atoms with E-state index in [2.05, 4.69) is 36.3 Å². The van der Waals surface area contributed by atoms with Crippen LogP contribution in [0.5, 0.6) is 0 Å². The number of hydrogen-bond donors (Lipinski definition) is 2. The molecule has 2 rings (SSSR count). The van der Waals surface area contributed by atoms with Crippen molar-refractivity contribution in [3.05, 3.63) is 39.2 Å². The molecule has 0 aromatic carbocycles. The first kappa shape index (κ1) is 15.7. The van der Waals surface area contributed by atoms with Gasteiger partial charge in [0.15, 0.2) is 0 Å². The van der Waals surface area contributed by atoms with Gasteiger partial charge in [-0.2, -0.15) is 5.10 Å². The lowest BCUT2D eigenvalue weighted by molar-refractivity contribution is 0.367. The van der Waals surface area contributed by atoms with Gasteiger partial charge in [0.25, 0.3) is 5.56 Å². The molecule has 0 saturated carbocycles. The largest absolute Gasteiger partial charge is 0.382 e. The first-order valence-electron chi connectivity index (χ1n) is 6.69. The number of halogens is 1. The summed E-state index contributed by atoms with van der Waals surface area (Å²) in [5.41, 5.74) is 1.63. The van der Waals surface area contributed by atoms with Crippen molar-refractivity contribution in [3.63, 3.8) is 0 Å². The van der Waals surface area contributed by atoms with Gasteiger partial charge in [-0.1, -0.05) is 0 Å². The number of hydrogen-bond acceptors (Lipinski definition) is 5. The summed E-state index contributed by atoms with van der Waals surface area (Å²) in [6, 6.07) is 0. The number of likely N-dealkylation sites (N-methyl/N-ethyl adjacent to an activating group) is 1. The number of rotatable bonds is 7. The van der Waals surface area contributed by atoms with Crippen LogP contribution in [0.1, 0.15) is 5.69 Å². The van der Waals surface area contributed by atoms with Crippen LogP contribution in [0.25, 0.3) is 0 Å². The van der Waals surface area contributed by atoms with Crippen molar-refractivity contribution in [2.24, 2.45) is 0 Å². The summed E-state index contributed by atoms with van der Waals surface area (Å²) in [5.74, 6) is 0. The Bertz CT molecular complexity index is 622. The second-order valence-electron chi connectivity index (χ2n) is 4.96. The van der Waals surface area contributed by atoms with Crippen molar-refractivity contribution in [1.29, 1.82) is 0 Å². The average molecular weight is 355 g/mol. The molecule has 2 heterocycles. The zero-order valence-corrected chi connectivity index (χ0v) is 13.7. The van der Waals surface area contributed by atoms with Crippen LogP contribution in [0.4, 0.5) is 5.69 Å². The van der Waals surface area contributed by atoms with Gasteiger partial charge < -0.3 is 15.2 Å². The van der Waals surface area contributed by atoms with Gasteiger partial charge >= 0.3 is 0 Å². The minimum absolute atomic E-state index is 0.122.